The second-order valence-corrected chi connectivity index (χ2v) is 17.0. The maximum atomic E-state index is 9.90. The Balaban J connectivity index is 0. The van der Waals surface area contributed by atoms with Crippen molar-refractivity contribution in [3.8, 4) is 0 Å². The van der Waals surface area contributed by atoms with E-state index in [0.29, 0.717) is 12.8 Å². The maximum absolute atomic E-state index is 9.90. The summed E-state index contributed by atoms with van der Waals surface area (Å²) in [5.74, 6) is -1.74. The average molecular weight is 781 g/mol. The molecule has 0 saturated heterocycles. The molecule has 0 rings (SSSR count). The van der Waals surface area contributed by atoms with E-state index in [1.807, 2.05) is 0 Å². The summed E-state index contributed by atoms with van der Waals surface area (Å²) in [7, 11) is 0. The Morgan fingerprint density at radius 1 is 0.273 bits per heavy atom. The third-order valence-electron chi connectivity index (χ3n) is 11.3. The third kappa shape index (κ3) is 59.7. The second kappa shape index (κ2) is 52.9. The number of carboxylic acid groups (broad SMARTS) is 2. The van der Waals surface area contributed by atoms with E-state index in [1.165, 1.54) is 257 Å². The highest BCUT2D eigenvalue weighted by Gasteiger charge is 2.00. The molecule has 5 nitrogen and oxygen atoms in total. The molecule has 0 radical (unpaired) electrons. The molecule has 0 aromatic rings. The Hall–Kier alpha value is -1.10. The van der Waals surface area contributed by atoms with Gasteiger partial charge in [0.05, 0.1) is 0 Å². The standard InChI is InChI=1S/C44H90O.C6H10O4/c1-3-5-7-9-11-13-15-17-19-21-23-25-27-29-31-33-35-37-39-41-43-45-44-42-40-38-36-34-32-30-28-26-24-22-20-18-16-14-12-10-8-6-4-2;7-5(8)3-1-2-4-6(9)10/h3-44H2,1-2H3;1-4H2,(H,7,8)(H,9,10). The van der Waals surface area contributed by atoms with E-state index in [4.69, 9.17) is 14.9 Å². The van der Waals surface area contributed by atoms with E-state index < -0.39 is 11.9 Å². The average Bonchev–Trinajstić information content (AvgIpc) is 3.17. The van der Waals surface area contributed by atoms with Gasteiger partial charge in [-0.3, -0.25) is 9.59 Å². The molecule has 0 atom stereocenters. The minimum atomic E-state index is -0.870. The van der Waals surface area contributed by atoms with Gasteiger partial charge in [-0.05, 0) is 25.7 Å². The van der Waals surface area contributed by atoms with Gasteiger partial charge in [-0.1, -0.05) is 258 Å². The number of unbranched alkanes of at least 4 members (excludes halogenated alkanes) is 39. The van der Waals surface area contributed by atoms with Crippen LogP contribution in [0.1, 0.15) is 296 Å². The van der Waals surface area contributed by atoms with E-state index in [0.717, 1.165) is 13.2 Å². The normalized spacial score (nSPS) is 11.2. The van der Waals surface area contributed by atoms with Crippen molar-refractivity contribution in [2.45, 2.75) is 296 Å². The van der Waals surface area contributed by atoms with Crippen LogP contribution >= 0.6 is 0 Å². The van der Waals surface area contributed by atoms with Gasteiger partial charge in [0.2, 0.25) is 0 Å². The van der Waals surface area contributed by atoms with Crippen LogP contribution in [0.2, 0.25) is 0 Å². The van der Waals surface area contributed by atoms with Crippen LogP contribution in [-0.4, -0.2) is 35.4 Å². The van der Waals surface area contributed by atoms with Gasteiger partial charge in [-0.2, -0.15) is 0 Å². The minimum absolute atomic E-state index is 0.0628. The first-order chi connectivity index (χ1) is 27.0. The molecule has 2 N–H and O–H groups in total. The minimum Gasteiger partial charge on any atom is -0.481 e. The van der Waals surface area contributed by atoms with Gasteiger partial charge >= 0.3 is 11.9 Å². The summed E-state index contributed by atoms with van der Waals surface area (Å²) < 4.78 is 5.91. The Bertz CT molecular complexity index is 652. The predicted octanol–water partition coefficient (Wildman–Crippen LogP) is 17.4. The number of carbonyl (C=O) groups is 2. The van der Waals surface area contributed by atoms with Gasteiger partial charge < -0.3 is 14.9 Å². The lowest BCUT2D eigenvalue weighted by Crippen LogP contribution is -1.97. The molecule has 0 fully saturated rings. The van der Waals surface area contributed by atoms with Gasteiger partial charge in [-0.25, -0.2) is 0 Å². The summed E-state index contributed by atoms with van der Waals surface area (Å²) >= 11 is 0. The highest BCUT2D eigenvalue weighted by atomic mass is 16.5. The number of aliphatic carboxylic acids is 2. The molecule has 0 bridgehead atoms. The first kappa shape index (κ1) is 56.0. The molecule has 0 aromatic heterocycles. The molecule has 0 amide bonds. The van der Waals surface area contributed by atoms with Crippen LogP contribution in [0, 0.1) is 0 Å². The molecule has 0 spiro atoms. The number of hydrogen-bond donors (Lipinski definition) is 2. The Morgan fingerprint density at radius 3 is 0.600 bits per heavy atom. The fourth-order valence-corrected chi connectivity index (χ4v) is 7.57. The Kier molecular flexibility index (Phi) is 53.9. The first-order valence-electron chi connectivity index (χ1n) is 25.1. The smallest absolute Gasteiger partial charge is 0.303 e. The molecule has 55 heavy (non-hydrogen) atoms. The molecule has 0 aromatic carbocycles. The zero-order valence-corrected chi connectivity index (χ0v) is 37.6. The predicted molar refractivity (Wildman–Crippen MR) is 241 cm³/mol. The van der Waals surface area contributed by atoms with E-state index in [1.54, 1.807) is 0 Å². The molecule has 5 heteroatoms. The molecule has 0 saturated carbocycles. The summed E-state index contributed by atoms with van der Waals surface area (Å²) in [6.07, 6.45) is 59.0. The Morgan fingerprint density at radius 2 is 0.436 bits per heavy atom. The van der Waals surface area contributed by atoms with Gasteiger partial charge in [0, 0.05) is 26.1 Å². The van der Waals surface area contributed by atoms with E-state index in [-0.39, 0.29) is 12.8 Å². The molecular formula is C50H100O5. The molecular weight excluding hydrogens is 681 g/mol. The molecule has 330 valence electrons. The fourth-order valence-electron chi connectivity index (χ4n) is 7.57. The van der Waals surface area contributed by atoms with Crippen molar-refractivity contribution in [1.29, 1.82) is 0 Å². The van der Waals surface area contributed by atoms with Crippen LogP contribution in [0.5, 0.6) is 0 Å². The second-order valence-electron chi connectivity index (χ2n) is 17.0. The van der Waals surface area contributed by atoms with Crippen LogP contribution in [0.25, 0.3) is 0 Å². The Labute approximate surface area is 345 Å². The molecule has 0 heterocycles. The lowest BCUT2D eigenvalue weighted by Gasteiger charge is -2.06. The van der Waals surface area contributed by atoms with E-state index in [2.05, 4.69) is 13.8 Å². The van der Waals surface area contributed by atoms with Crippen molar-refractivity contribution in [2.75, 3.05) is 13.2 Å². The van der Waals surface area contributed by atoms with Crippen LogP contribution in [0.4, 0.5) is 0 Å². The van der Waals surface area contributed by atoms with Crippen molar-refractivity contribution in [3.05, 3.63) is 0 Å². The quantitative estimate of drug-likeness (QED) is 0.0601. The highest BCUT2D eigenvalue weighted by Crippen LogP contribution is 2.17. The van der Waals surface area contributed by atoms with Gasteiger partial charge in [0.25, 0.3) is 0 Å². The lowest BCUT2D eigenvalue weighted by molar-refractivity contribution is -0.139. The highest BCUT2D eigenvalue weighted by molar-refractivity contribution is 5.67. The topological polar surface area (TPSA) is 83.8 Å². The SMILES string of the molecule is CCCCCCCCCCCCCCCCCCCCCCOCCCCCCCCCCCCCCCCCCCCCC.O=C(O)CCCCC(=O)O. The summed E-state index contributed by atoms with van der Waals surface area (Å²) in [6.45, 7) is 6.61. The zero-order chi connectivity index (χ0) is 40.4. The van der Waals surface area contributed by atoms with Gasteiger partial charge in [-0.15, -0.1) is 0 Å². The van der Waals surface area contributed by atoms with E-state index in [9.17, 15) is 9.59 Å². The third-order valence-corrected chi connectivity index (χ3v) is 11.3. The van der Waals surface area contributed by atoms with Crippen molar-refractivity contribution in [1.82, 2.24) is 0 Å². The van der Waals surface area contributed by atoms with Crippen molar-refractivity contribution in [2.24, 2.45) is 0 Å². The number of ether oxygens (including phenoxy) is 1. The number of rotatable bonds is 47. The van der Waals surface area contributed by atoms with E-state index >= 15 is 0 Å². The van der Waals surface area contributed by atoms with Crippen molar-refractivity contribution < 1.29 is 24.5 Å². The van der Waals surface area contributed by atoms with Crippen molar-refractivity contribution in [3.63, 3.8) is 0 Å². The zero-order valence-electron chi connectivity index (χ0n) is 37.6. The first-order valence-corrected chi connectivity index (χ1v) is 25.1. The number of carboxylic acids is 2. The fraction of sp³-hybridized carbons (Fsp3) is 0.960. The summed E-state index contributed by atoms with van der Waals surface area (Å²) in [5, 5.41) is 16.3. The summed E-state index contributed by atoms with van der Waals surface area (Å²) in [6, 6.07) is 0. The number of hydrogen-bond acceptors (Lipinski definition) is 3. The molecule has 0 aliphatic rings. The maximum Gasteiger partial charge on any atom is 0.303 e. The van der Waals surface area contributed by atoms with Crippen LogP contribution < -0.4 is 0 Å². The molecule has 0 aliphatic carbocycles. The monoisotopic (exact) mass is 781 g/mol. The van der Waals surface area contributed by atoms with Crippen LogP contribution in [0.3, 0.4) is 0 Å². The molecule has 0 unspecified atom stereocenters. The van der Waals surface area contributed by atoms with Gasteiger partial charge in [0.15, 0.2) is 0 Å². The largest absolute Gasteiger partial charge is 0.481 e. The van der Waals surface area contributed by atoms with Gasteiger partial charge in [0.1, 0.15) is 0 Å². The molecule has 0 aliphatic heterocycles. The lowest BCUT2D eigenvalue weighted by atomic mass is 10.0. The summed E-state index contributed by atoms with van der Waals surface area (Å²) in [4.78, 5) is 19.8. The van der Waals surface area contributed by atoms with Crippen LogP contribution in [0.15, 0.2) is 0 Å². The van der Waals surface area contributed by atoms with Crippen molar-refractivity contribution >= 4 is 11.9 Å². The summed E-state index contributed by atoms with van der Waals surface area (Å²) in [5.41, 5.74) is 0. The van der Waals surface area contributed by atoms with Crippen LogP contribution in [-0.2, 0) is 14.3 Å².